The predicted molar refractivity (Wildman–Crippen MR) is 94.4 cm³/mol. The standard InChI is InChI=1S/C18H19NO4S/c1-2-21-15-6-4-3-5-14(15)19-18(20)12-24-13-7-8-16-17(11-13)23-10-9-22-16/h3-8,11H,2,9-10,12H2,1H3,(H,19,20). The summed E-state index contributed by atoms with van der Waals surface area (Å²) in [7, 11) is 0. The first-order valence-corrected chi connectivity index (χ1v) is 8.79. The van der Waals surface area contributed by atoms with Crippen LogP contribution in [0.3, 0.4) is 0 Å². The molecule has 3 rings (SSSR count). The van der Waals surface area contributed by atoms with Crippen molar-refractivity contribution in [3.8, 4) is 17.2 Å². The Bertz CT molecular complexity index is 720. The second kappa shape index (κ2) is 7.97. The van der Waals surface area contributed by atoms with Crippen LogP contribution < -0.4 is 19.5 Å². The Labute approximate surface area is 145 Å². The van der Waals surface area contributed by atoms with E-state index in [-0.39, 0.29) is 5.91 Å². The molecule has 6 heteroatoms. The highest BCUT2D eigenvalue weighted by Gasteiger charge is 2.13. The molecule has 2 aromatic rings. The molecule has 126 valence electrons. The highest BCUT2D eigenvalue weighted by Crippen LogP contribution is 2.34. The van der Waals surface area contributed by atoms with Crippen molar-refractivity contribution in [3.05, 3.63) is 42.5 Å². The molecule has 0 saturated heterocycles. The normalized spacial score (nSPS) is 12.5. The molecule has 0 fully saturated rings. The average Bonchev–Trinajstić information content (AvgIpc) is 2.62. The van der Waals surface area contributed by atoms with E-state index in [9.17, 15) is 4.79 Å². The molecule has 1 aliphatic heterocycles. The first kappa shape index (κ1) is 16.5. The summed E-state index contributed by atoms with van der Waals surface area (Å²) in [5.74, 6) is 2.38. The summed E-state index contributed by atoms with van der Waals surface area (Å²) in [5, 5.41) is 2.89. The van der Waals surface area contributed by atoms with Gasteiger partial charge in [0.1, 0.15) is 19.0 Å². The second-order valence-electron chi connectivity index (χ2n) is 5.07. The summed E-state index contributed by atoms with van der Waals surface area (Å²) in [6, 6.07) is 13.1. The number of hydrogen-bond acceptors (Lipinski definition) is 5. The molecule has 1 heterocycles. The average molecular weight is 345 g/mol. The molecule has 0 aromatic heterocycles. The summed E-state index contributed by atoms with van der Waals surface area (Å²) < 4.78 is 16.6. The van der Waals surface area contributed by atoms with Crippen LogP contribution in [0, 0.1) is 0 Å². The van der Waals surface area contributed by atoms with E-state index in [2.05, 4.69) is 5.32 Å². The molecule has 0 atom stereocenters. The van der Waals surface area contributed by atoms with E-state index in [1.54, 1.807) is 0 Å². The molecule has 0 radical (unpaired) electrons. The minimum Gasteiger partial charge on any atom is -0.492 e. The Kier molecular flexibility index (Phi) is 5.48. The van der Waals surface area contributed by atoms with Crippen molar-refractivity contribution in [2.45, 2.75) is 11.8 Å². The van der Waals surface area contributed by atoms with Crippen LogP contribution in [0.4, 0.5) is 5.69 Å². The molecule has 2 aromatic carbocycles. The SMILES string of the molecule is CCOc1ccccc1NC(=O)CSc1ccc2c(c1)OCCO2. The van der Waals surface area contributed by atoms with Gasteiger partial charge in [-0.25, -0.2) is 0 Å². The van der Waals surface area contributed by atoms with Gasteiger partial charge in [-0.15, -0.1) is 11.8 Å². The molecule has 5 nitrogen and oxygen atoms in total. The summed E-state index contributed by atoms with van der Waals surface area (Å²) in [6.07, 6.45) is 0. The number of hydrogen-bond donors (Lipinski definition) is 1. The van der Waals surface area contributed by atoms with Crippen LogP contribution in [0.1, 0.15) is 6.92 Å². The third-order valence-electron chi connectivity index (χ3n) is 3.34. The number of ether oxygens (including phenoxy) is 3. The summed E-state index contributed by atoms with van der Waals surface area (Å²) in [4.78, 5) is 13.2. The van der Waals surface area contributed by atoms with E-state index in [4.69, 9.17) is 14.2 Å². The van der Waals surface area contributed by atoms with E-state index < -0.39 is 0 Å². The van der Waals surface area contributed by atoms with Gasteiger partial charge in [0.15, 0.2) is 11.5 Å². The fourth-order valence-corrected chi connectivity index (χ4v) is 3.02. The highest BCUT2D eigenvalue weighted by atomic mass is 32.2. The first-order valence-electron chi connectivity index (χ1n) is 7.80. The third-order valence-corrected chi connectivity index (χ3v) is 4.34. The monoisotopic (exact) mass is 345 g/mol. The Hall–Kier alpha value is -2.34. The summed E-state index contributed by atoms with van der Waals surface area (Å²) in [6.45, 7) is 3.59. The number of para-hydroxylation sites is 2. The van der Waals surface area contributed by atoms with Gasteiger partial charge < -0.3 is 19.5 Å². The smallest absolute Gasteiger partial charge is 0.234 e. The number of carbonyl (C=O) groups is 1. The fourth-order valence-electron chi connectivity index (χ4n) is 2.30. The van der Waals surface area contributed by atoms with Crippen LogP contribution >= 0.6 is 11.8 Å². The van der Waals surface area contributed by atoms with Crippen molar-refractivity contribution < 1.29 is 19.0 Å². The van der Waals surface area contributed by atoms with E-state index in [0.29, 0.717) is 37.0 Å². The number of amides is 1. The molecule has 0 aliphatic carbocycles. The van der Waals surface area contributed by atoms with Crippen molar-refractivity contribution in [2.75, 3.05) is 30.9 Å². The van der Waals surface area contributed by atoms with Crippen molar-refractivity contribution in [3.63, 3.8) is 0 Å². The number of benzene rings is 2. The zero-order valence-electron chi connectivity index (χ0n) is 13.4. The number of thioether (sulfide) groups is 1. The fraction of sp³-hybridized carbons (Fsp3) is 0.278. The molecule has 1 amide bonds. The van der Waals surface area contributed by atoms with Gasteiger partial charge in [0.2, 0.25) is 5.91 Å². The Morgan fingerprint density at radius 1 is 1.17 bits per heavy atom. The predicted octanol–water partition coefficient (Wildman–Crippen LogP) is 3.59. The topological polar surface area (TPSA) is 56.8 Å². The number of fused-ring (bicyclic) bond motifs is 1. The van der Waals surface area contributed by atoms with Crippen LogP contribution in [0.25, 0.3) is 0 Å². The van der Waals surface area contributed by atoms with E-state index >= 15 is 0 Å². The molecule has 1 N–H and O–H groups in total. The Morgan fingerprint density at radius 2 is 1.96 bits per heavy atom. The van der Waals surface area contributed by atoms with Gasteiger partial charge in [-0.1, -0.05) is 12.1 Å². The lowest BCUT2D eigenvalue weighted by atomic mass is 10.3. The molecule has 0 spiro atoms. The van der Waals surface area contributed by atoms with Gasteiger partial charge >= 0.3 is 0 Å². The number of rotatable bonds is 6. The van der Waals surface area contributed by atoms with Crippen molar-refractivity contribution in [1.29, 1.82) is 0 Å². The maximum atomic E-state index is 12.2. The van der Waals surface area contributed by atoms with Gasteiger partial charge in [0.25, 0.3) is 0 Å². The first-order chi connectivity index (χ1) is 11.8. The van der Waals surface area contributed by atoms with E-state index in [1.165, 1.54) is 11.8 Å². The van der Waals surface area contributed by atoms with Gasteiger partial charge in [0, 0.05) is 4.90 Å². The van der Waals surface area contributed by atoms with Crippen LogP contribution in [0.2, 0.25) is 0 Å². The lowest BCUT2D eigenvalue weighted by molar-refractivity contribution is -0.113. The van der Waals surface area contributed by atoms with Gasteiger partial charge in [-0.05, 0) is 37.3 Å². The lowest BCUT2D eigenvalue weighted by Crippen LogP contribution is -2.16. The van der Waals surface area contributed by atoms with Gasteiger partial charge in [0.05, 0.1) is 18.0 Å². The lowest BCUT2D eigenvalue weighted by Gasteiger charge is -2.18. The van der Waals surface area contributed by atoms with Crippen molar-refractivity contribution in [1.82, 2.24) is 0 Å². The summed E-state index contributed by atoms with van der Waals surface area (Å²) >= 11 is 1.45. The Morgan fingerprint density at radius 3 is 2.79 bits per heavy atom. The number of nitrogens with one attached hydrogen (secondary N) is 1. The van der Waals surface area contributed by atoms with E-state index in [0.717, 1.165) is 16.4 Å². The highest BCUT2D eigenvalue weighted by molar-refractivity contribution is 8.00. The van der Waals surface area contributed by atoms with Crippen molar-refractivity contribution >= 4 is 23.4 Å². The van der Waals surface area contributed by atoms with Crippen LogP contribution in [0.5, 0.6) is 17.2 Å². The van der Waals surface area contributed by atoms with Crippen LogP contribution in [-0.2, 0) is 4.79 Å². The molecule has 0 saturated carbocycles. The van der Waals surface area contributed by atoms with Crippen LogP contribution in [-0.4, -0.2) is 31.5 Å². The zero-order valence-corrected chi connectivity index (χ0v) is 14.2. The van der Waals surface area contributed by atoms with Crippen molar-refractivity contribution in [2.24, 2.45) is 0 Å². The molecule has 0 unspecified atom stereocenters. The van der Waals surface area contributed by atoms with Gasteiger partial charge in [-0.2, -0.15) is 0 Å². The minimum atomic E-state index is -0.0814. The number of anilines is 1. The maximum absolute atomic E-state index is 12.2. The molecular formula is C18H19NO4S. The molecule has 1 aliphatic rings. The van der Waals surface area contributed by atoms with Crippen LogP contribution in [0.15, 0.2) is 47.4 Å². The Balaban J connectivity index is 1.58. The summed E-state index contributed by atoms with van der Waals surface area (Å²) in [5.41, 5.74) is 0.687. The minimum absolute atomic E-state index is 0.0814. The zero-order chi connectivity index (χ0) is 16.8. The molecular weight excluding hydrogens is 326 g/mol. The molecule has 0 bridgehead atoms. The quantitative estimate of drug-likeness (QED) is 0.811. The molecule has 24 heavy (non-hydrogen) atoms. The largest absolute Gasteiger partial charge is 0.492 e. The van der Waals surface area contributed by atoms with Gasteiger partial charge in [-0.3, -0.25) is 4.79 Å². The third kappa shape index (κ3) is 4.14. The maximum Gasteiger partial charge on any atom is 0.234 e. The van der Waals surface area contributed by atoms with E-state index in [1.807, 2.05) is 49.4 Å². The second-order valence-corrected chi connectivity index (χ2v) is 6.12. The number of carbonyl (C=O) groups excluding carboxylic acids is 1.